The number of hydrogen-bond donors (Lipinski definition) is 2. The Kier molecular flexibility index (Phi) is 8.31. The minimum Gasteiger partial charge on any atom is -0.352 e. The van der Waals surface area contributed by atoms with Crippen LogP contribution in [-0.2, 0) is 4.79 Å². The van der Waals surface area contributed by atoms with Crippen LogP contribution in [0.1, 0.15) is 46.0 Å². The predicted molar refractivity (Wildman–Crippen MR) is 82.4 cm³/mol. The summed E-state index contributed by atoms with van der Waals surface area (Å²) >= 11 is 1.73. The number of hydrogen-bond acceptors (Lipinski definition) is 3. The van der Waals surface area contributed by atoms with Crippen molar-refractivity contribution in [3.63, 3.8) is 0 Å². The van der Waals surface area contributed by atoms with Crippen molar-refractivity contribution < 1.29 is 4.79 Å². The first-order valence-corrected chi connectivity index (χ1v) is 7.89. The smallest absolute Gasteiger partial charge is 0.237 e. The molecule has 0 aliphatic heterocycles. The molecule has 0 aromatic heterocycles. The van der Waals surface area contributed by atoms with Gasteiger partial charge in [-0.15, -0.1) is 12.4 Å². The summed E-state index contributed by atoms with van der Waals surface area (Å²) in [6, 6.07) is 0.00763. The van der Waals surface area contributed by atoms with E-state index in [1.807, 2.05) is 6.26 Å². The monoisotopic (exact) mass is 294 g/mol. The average molecular weight is 295 g/mol. The van der Waals surface area contributed by atoms with Crippen LogP contribution in [0.15, 0.2) is 0 Å². The van der Waals surface area contributed by atoms with E-state index in [4.69, 9.17) is 5.73 Å². The number of nitrogens with two attached hydrogens (primary N) is 1. The molecule has 18 heavy (non-hydrogen) atoms. The number of thioether (sulfide) groups is 1. The summed E-state index contributed by atoms with van der Waals surface area (Å²) in [5.41, 5.74) is 6.29. The van der Waals surface area contributed by atoms with E-state index in [0.717, 1.165) is 25.0 Å². The van der Waals surface area contributed by atoms with Gasteiger partial charge in [-0.25, -0.2) is 0 Å². The maximum Gasteiger partial charge on any atom is 0.237 e. The Morgan fingerprint density at radius 3 is 2.50 bits per heavy atom. The molecule has 108 valence electrons. The molecule has 0 aromatic rings. The molecule has 1 saturated carbocycles. The molecular formula is C13H27ClN2OS. The largest absolute Gasteiger partial charge is 0.352 e. The van der Waals surface area contributed by atoms with Gasteiger partial charge in [0.15, 0.2) is 0 Å². The van der Waals surface area contributed by atoms with Gasteiger partial charge in [-0.3, -0.25) is 4.79 Å². The second-order valence-corrected chi connectivity index (χ2v) is 6.82. The lowest BCUT2D eigenvalue weighted by Crippen LogP contribution is -2.47. The summed E-state index contributed by atoms with van der Waals surface area (Å²) < 4.78 is 0. The molecular weight excluding hydrogens is 268 g/mol. The predicted octanol–water partition coefficient (Wildman–Crippen LogP) is 2.57. The van der Waals surface area contributed by atoms with E-state index in [1.165, 1.54) is 12.8 Å². The topological polar surface area (TPSA) is 55.1 Å². The first-order chi connectivity index (χ1) is 7.94. The van der Waals surface area contributed by atoms with Crippen molar-refractivity contribution in [1.29, 1.82) is 0 Å². The van der Waals surface area contributed by atoms with Crippen LogP contribution in [0.3, 0.4) is 0 Å². The Hall–Kier alpha value is 0.0700. The molecule has 0 aromatic carbocycles. The summed E-state index contributed by atoms with van der Waals surface area (Å²) in [6.07, 6.45) is 7.37. The van der Waals surface area contributed by atoms with Crippen LogP contribution in [0.4, 0.5) is 0 Å². The number of carbonyl (C=O) groups excluding carboxylic acids is 1. The number of amides is 1. The lowest BCUT2D eigenvalue weighted by atomic mass is 9.75. The Labute approximate surface area is 121 Å². The van der Waals surface area contributed by atoms with E-state index in [2.05, 4.69) is 19.2 Å². The van der Waals surface area contributed by atoms with E-state index in [9.17, 15) is 4.79 Å². The molecule has 1 aliphatic carbocycles. The quantitative estimate of drug-likeness (QED) is 0.819. The summed E-state index contributed by atoms with van der Waals surface area (Å²) in [6.45, 7) is 4.60. The highest BCUT2D eigenvalue weighted by Crippen LogP contribution is 2.34. The van der Waals surface area contributed by atoms with Crippen molar-refractivity contribution in [3.05, 3.63) is 0 Å². The van der Waals surface area contributed by atoms with Gasteiger partial charge in [0.2, 0.25) is 5.91 Å². The van der Waals surface area contributed by atoms with Crippen molar-refractivity contribution in [3.8, 4) is 0 Å². The van der Waals surface area contributed by atoms with Gasteiger partial charge in [0, 0.05) is 6.04 Å². The third-order valence-electron chi connectivity index (χ3n) is 3.66. The molecule has 0 radical (unpaired) electrons. The third kappa shape index (κ3) is 6.30. The molecule has 0 unspecified atom stereocenters. The minimum atomic E-state index is -0.336. The van der Waals surface area contributed by atoms with Gasteiger partial charge in [-0.1, -0.05) is 13.8 Å². The highest BCUT2D eigenvalue weighted by Gasteiger charge is 2.28. The second-order valence-electron chi connectivity index (χ2n) is 5.84. The number of rotatable bonds is 5. The van der Waals surface area contributed by atoms with Crippen LogP contribution in [-0.4, -0.2) is 30.0 Å². The van der Waals surface area contributed by atoms with Crippen LogP contribution < -0.4 is 11.1 Å². The molecule has 0 bridgehead atoms. The van der Waals surface area contributed by atoms with Crippen LogP contribution >= 0.6 is 24.2 Å². The normalized spacial score (nSPS) is 20.9. The standard InChI is InChI=1S/C13H26N2OS.ClH/c1-13(2)7-4-10(5-8-13)15-12(16)11(14)6-9-17-3;/h10-11H,4-9,14H2,1-3H3,(H,15,16);1H/t11-;/m0./s1. The second kappa shape index (κ2) is 8.28. The fourth-order valence-electron chi connectivity index (χ4n) is 2.23. The fraction of sp³-hybridized carbons (Fsp3) is 0.923. The summed E-state index contributed by atoms with van der Waals surface area (Å²) in [5, 5.41) is 3.09. The highest BCUT2D eigenvalue weighted by molar-refractivity contribution is 7.98. The molecule has 1 amide bonds. The summed E-state index contributed by atoms with van der Waals surface area (Å²) in [7, 11) is 0. The van der Waals surface area contributed by atoms with Gasteiger partial charge < -0.3 is 11.1 Å². The summed E-state index contributed by atoms with van der Waals surface area (Å²) in [4.78, 5) is 11.8. The van der Waals surface area contributed by atoms with Gasteiger partial charge in [-0.2, -0.15) is 11.8 Å². The third-order valence-corrected chi connectivity index (χ3v) is 4.30. The van der Waals surface area contributed by atoms with E-state index in [0.29, 0.717) is 11.5 Å². The van der Waals surface area contributed by atoms with Crippen LogP contribution in [0.5, 0.6) is 0 Å². The first kappa shape index (κ1) is 18.1. The minimum absolute atomic E-state index is 0. The molecule has 0 heterocycles. The Bertz CT molecular complexity index is 251. The van der Waals surface area contributed by atoms with Crippen LogP contribution in [0, 0.1) is 5.41 Å². The number of halogens is 1. The molecule has 3 nitrogen and oxygen atoms in total. The molecule has 5 heteroatoms. The lowest BCUT2D eigenvalue weighted by molar-refractivity contribution is -0.123. The van der Waals surface area contributed by atoms with Crippen molar-refractivity contribution in [2.75, 3.05) is 12.0 Å². The first-order valence-electron chi connectivity index (χ1n) is 6.49. The van der Waals surface area contributed by atoms with E-state index >= 15 is 0 Å². The van der Waals surface area contributed by atoms with Gasteiger partial charge in [0.1, 0.15) is 0 Å². The number of nitrogens with one attached hydrogen (secondary N) is 1. The fourth-order valence-corrected chi connectivity index (χ4v) is 2.72. The summed E-state index contributed by atoms with van der Waals surface area (Å²) in [5.74, 6) is 0.982. The van der Waals surface area contributed by atoms with Crippen LogP contribution in [0.25, 0.3) is 0 Å². The molecule has 1 aliphatic rings. The van der Waals surface area contributed by atoms with E-state index in [1.54, 1.807) is 11.8 Å². The van der Waals surface area contributed by atoms with E-state index in [-0.39, 0.29) is 24.4 Å². The Morgan fingerprint density at radius 2 is 2.00 bits per heavy atom. The Morgan fingerprint density at radius 1 is 1.44 bits per heavy atom. The maximum atomic E-state index is 11.8. The van der Waals surface area contributed by atoms with Crippen LogP contribution in [0.2, 0.25) is 0 Å². The molecule has 0 spiro atoms. The zero-order valence-electron chi connectivity index (χ0n) is 11.7. The average Bonchev–Trinajstić information content (AvgIpc) is 2.28. The van der Waals surface area contributed by atoms with Gasteiger partial charge in [0.05, 0.1) is 6.04 Å². The van der Waals surface area contributed by atoms with Gasteiger partial charge in [-0.05, 0) is 49.5 Å². The molecule has 3 N–H and O–H groups in total. The molecule has 0 saturated heterocycles. The SMILES string of the molecule is CSCC[C@H](N)C(=O)NC1CCC(C)(C)CC1.Cl. The Balaban J connectivity index is 0.00000289. The number of carbonyl (C=O) groups is 1. The molecule has 1 atom stereocenters. The lowest BCUT2D eigenvalue weighted by Gasteiger charge is -2.35. The zero-order valence-corrected chi connectivity index (χ0v) is 13.3. The maximum absolute atomic E-state index is 11.8. The van der Waals surface area contributed by atoms with Crippen molar-refractivity contribution >= 4 is 30.1 Å². The molecule has 1 fully saturated rings. The highest BCUT2D eigenvalue weighted by atomic mass is 35.5. The van der Waals surface area contributed by atoms with Crippen molar-refractivity contribution in [2.24, 2.45) is 11.1 Å². The van der Waals surface area contributed by atoms with Gasteiger partial charge in [0.25, 0.3) is 0 Å². The zero-order chi connectivity index (χ0) is 12.9. The van der Waals surface area contributed by atoms with Crippen molar-refractivity contribution in [1.82, 2.24) is 5.32 Å². The van der Waals surface area contributed by atoms with Crippen molar-refractivity contribution in [2.45, 2.75) is 58.0 Å². The van der Waals surface area contributed by atoms with E-state index < -0.39 is 0 Å². The molecule has 1 rings (SSSR count). The van der Waals surface area contributed by atoms with Gasteiger partial charge >= 0.3 is 0 Å².